The summed E-state index contributed by atoms with van der Waals surface area (Å²) in [6, 6.07) is 5.95. The van der Waals surface area contributed by atoms with Gasteiger partial charge in [-0.1, -0.05) is 17.7 Å². The molecule has 2 amide bonds. The molecule has 1 unspecified atom stereocenters. The maximum absolute atomic E-state index is 11.5. The standard InChI is InChI=1S/C11H15ClN2O3/c1-17-7-10(6-15)14-11(16)13-9-4-2-3-8(12)5-9/h2-5,10,15H,6-7H2,1H3,(H2,13,14,16). The van der Waals surface area contributed by atoms with Crippen LogP contribution in [0, 0.1) is 0 Å². The Morgan fingerprint density at radius 1 is 1.59 bits per heavy atom. The molecule has 17 heavy (non-hydrogen) atoms. The van der Waals surface area contributed by atoms with Crippen LogP contribution < -0.4 is 10.6 Å². The zero-order valence-corrected chi connectivity index (χ0v) is 10.2. The molecule has 0 heterocycles. The van der Waals surface area contributed by atoms with E-state index in [0.717, 1.165) is 0 Å². The summed E-state index contributed by atoms with van der Waals surface area (Å²) in [6.07, 6.45) is 0. The number of aliphatic hydroxyl groups is 1. The van der Waals surface area contributed by atoms with Gasteiger partial charge in [-0.15, -0.1) is 0 Å². The van der Waals surface area contributed by atoms with Gasteiger partial charge in [-0.05, 0) is 18.2 Å². The Hall–Kier alpha value is -1.30. The molecule has 6 heteroatoms. The van der Waals surface area contributed by atoms with E-state index in [0.29, 0.717) is 10.7 Å². The zero-order valence-electron chi connectivity index (χ0n) is 9.44. The van der Waals surface area contributed by atoms with Crippen molar-refractivity contribution in [1.29, 1.82) is 0 Å². The molecule has 1 atom stereocenters. The van der Waals surface area contributed by atoms with Crippen LogP contribution in [0.25, 0.3) is 0 Å². The highest BCUT2D eigenvalue weighted by molar-refractivity contribution is 6.30. The van der Waals surface area contributed by atoms with Gasteiger partial charge in [-0.3, -0.25) is 0 Å². The Morgan fingerprint density at radius 2 is 2.35 bits per heavy atom. The SMILES string of the molecule is COCC(CO)NC(=O)Nc1cccc(Cl)c1. The van der Waals surface area contributed by atoms with Gasteiger partial charge in [-0.2, -0.15) is 0 Å². The van der Waals surface area contributed by atoms with Crippen LogP contribution in [0.15, 0.2) is 24.3 Å². The number of rotatable bonds is 5. The number of halogens is 1. The number of hydrogen-bond donors (Lipinski definition) is 3. The molecule has 1 aromatic carbocycles. The number of nitrogens with one attached hydrogen (secondary N) is 2. The van der Waals surface area contributed by atoms with Crippen molar-refractivity contribution in [3.05, 3.63) is 29.3 Å². The van der Waals surface area contributed by atoms with Crippen LogP contribution in [0.4, 0.5) is 10.5 Å². The van der Waals surface area contributed by atoms with E-state index in [9.17, 15) is 4.79 Å². The Morgan fingerprint density at radius 3 is 2.94 bits per heavy atom. The van der Waals surface area contributed by atoms with E-state index >= 15 is 0 Å². The van der Waals surface area contributed by atoms with Gasteiger partial charge in [-0.25, -0.2) is 4.79 Å². The van der Waals surface area contributed by atoms with E-state index in [-0.39, 0.29) is 13.2 Å². The predicted molar refractivity (Wildman–Crippen MR) is 66.4 cm³/mol. The fourth-order valence-corrected chi connectivity index (χ4v) is 1.45. The van der Waals surface area contributed by atoms with Gasteiger partial charge in [0.05, 0.1) is 19.3 Å². The van der Waals surface area contributed by atoms with Crippen molar-refractivity contribution < 1.29 is 14.6 Å². The summed E-state index contributed by atoms with van der Waals surface area (Å²) in [4.78, 5) is 11.5. The summed E-state index contributed by atoms with van der Waals surface area (Å²) in [5, 5.41) is 14.7. The van der Waals surface area contributed by atoms with Gasteiger partial charge in [0.2, 0.25) is 0 Å². The average Bonchev–Trinajstić information content (AvgIpc) is 2.28. The number of methoxy groups -OCH3 is 1. The van der Waals surface area contributed by atoms with Crippen LogP contribution in [0.1, 0.15) is 0 Å². The molecule has 0 saturated carbocycles. The van der Waals surface area contributed by atoms with Crippen molar-refractivity contribution in [3.63, 3.8) is 0 Å². The average molecular weight is 259 g/mol. The number of benzene rings is 1. The number of ether oxygens (including phenoxy) is 1. The van der Waals surface area contributed by atoms with E-state index in [4.69, 9.17) is 21.4 Å². The highest BCUT2D eigenvalue weighted by atomic mass is 35.5. The molecule has 0 saturated heterocycles. The maximum Gasteiger partial charge on any atom is 0.319 e. The lowest BCUT2D eigenvalue weighted by Gasteiger charge is -2.15. The minimum absolute atomic E-state index is 0.184. The van der Waals surface area contributed by atoms with Crippen molar-refractivity contribution in [2.24, 2.45) is 0 Å². The lowest BCUT2D eigenvalue weighted by molar-refractivity contribution is 0.132. The predicted octanol–water partition coefficient (Wildman–Crippen LogP) is 1.47. The van der Waals surface area contributed by atoms with Crippen molar-refractivity contribution in [2.75, 3.05) is 25.6 Å². The fourth-order valence-electron chi connectivity index (χ4n) is 1.26. The van der Waals surface area contributed by atoms with Crippen LogP contribution in [0.5, 0.6) is 0 Å². The van der Waals surface area contributed by atoms with Crippen LogP contribution in [0.3, 0.4) is 0 Å². The third kappa shape index (κ3) is 5.04. The summed E-state index contributed by atoms with van der Waals surface area (Å²) >= 11 is 5.78. The minimum Gasteiger partial charge on any atom is -0.394 e. The third-order valence-corrected chi connectivity index (χ3v) is 2.24. The van der Waals surface area contributed by atoms with E-state index < -0.39 is 12.1 Å². The minimum atomic E-state index is -0.431. The molecule has 0 aliphatic carbocycles. The number of amides is 2. The van der Waals surface area contributed by atoms with Crippen molar-refractivity contribution in [1.82, 2.24) is 5.32 Å². The second-order valence-corrected chi connectivity index (χ2v) is 3.88. The number of carbonyl (C=O) groups excluding carboxylic acids is 1. The van der Waals surface area contributed by atoms with Crippen LogP contribution >= 0.6 is 11.6 Å². The largest absolute Gasteiger partial charge is 0.394 e. The molecule has 0 aliphatic heterocycles. The Kier molecular flexibility index (Phi) is 5.76. The maximum atomic E-state index is 11.5. The molecule has 0 bridgehead atoms. The van der Waals surface area contributed by atoms with Crippen LogP contribution in [-0.4, -0.2) is 37.5 Å². The lowest BCUT2D eigenvalue weighted by Crippen LogP contribution is -2.42. The van der Waals surface area contributed by atoms with Gasteiger partial charge >= 0.3 is 6.03 Å². The summed E-state index contributed by atoms with van der Waals surface area (Å²) in [5.74, 6) is 0. The molecule has 94 valence electrons. The first-order valence-electron chi connectivity index (χ1n) is 5.08. The van der Waals surface area contributed by atoms with Crippen LogP contribution in [-0.2, 0) is 4.74 Å². The smallest absolute Gasteiger partial charge is 0.319 e. The summed E-state index contributed by atoms with van der Waals surface area (Å²) in [7, 11) is 1.50. The molecule has 0 aromatic heterocycles. The van der Waals surface area contributed by atoms with Gasteiger partial charge in [0, 0.05) is 17.8 Å². The Bertz CT molecular complexity index is 373. The molecule has 0 spiro atoms. The number of urea groups is 1. The number of hydrogen-bond acceptors (Lipinski definition) is 3. The normalized spacial score (nSPS) is 11.9. The highest BCUT2D eigenvalue weighted by Gasteiger charge is 2.10. The van der Waals surface area contributed by atoms with Crippen molar-refractivity contribution >= 4 is 23.3 Å². The second kappa shape index (κ2) is 7.11. The monoisotopic (exact) mass is 258 g/mol. The van der Waals surface area contributed by atoms with E-state index in [1.54, 1.807) is 24.3 Å². The fraction of sp³-hybridized carbons (Fsp3) is 0.364. The topological polar surface area (TPSA) is 70.6 Å². The lowest BCUT2D eigenvalue weighted by atomic mass is 10.3. The Labute approximate surface area is 105 Å². The van der Waals surface area contributed by atoms with Crippen molar-refractivity contribution in [2.45, 2.75) is 6.04 Å². The highest BCUT2D eigenvalue weighted by Crippen LogP contribution is 2.14. The van der Waals surface area contributed by atoms with E-state index in [2.05, 4.69) is 10.6 Å². The van der Waals surface area contributed by atoms with Gasteiger partial charge in [0.1, 0.15) is 0 Å². The van der Waals surface area contributed by atoms with Crippen LogP contribution in [0.2, 0.25) is 5.02 Å². The first-order chi connectivity index (χ1) is 8.15. The molecule has 0 aliphatic rings. The molecular weight excluding hydrogens is 244 g/mol. The molecule has 3 N–H and O–H groups in total. The molecular formula is C11H15ClN2O3. The molecule has 5 nitrogen and oxygen atoms in total. The molecule has 1 aromatic rings. The molecule has 0 radical (unpaired) electrons. The Balaban J connectivity index is 2.49. The number of carbonyl (C=O) groups is 1. The quantitative estimate of drug-likeness (QED) is 0.749. The van der Waals surface area contributed by atoms with Gasteiger partial charge in [0.15, 0.2) is 0 Å². The second-order valence-electron chi connectivity index (χ2n) is 3.44. The van der Waals surface area contributed by atoms with Crippen molar-refractivity contribution in [3.8, 4) is 0 Å². The van der Waals surface area contributed by atoms with E-state index in [1.807, 2.05) is 0 Å². The summed E-state index contributed by atoms with van der Waals surface area (Å²) in [5.41, 5.74) is 0.587. The first kappa shape index (κ1) is 13.8. The zero-order chi connectivity index (χ0) is 12.7. The first-order valence-corrected chi connectivity index (χ1v) is 5.46. The summed E-state index contributed by atoms with van der Waals surface area (Å²) < 4.78 is 4.84. The van der Waals surface area contributed by atoms with Gasteiger partial charge < -0.3 is 20.5 Å². The molecule has 0 fully saturated rings. The number of aliphatic hydroxyl groups excluding tert-OH is 1. The third-order valence-electron chi connectivity index (χ3n) is 2.01. The number of anilines is 1. The van der Waals surface area contributed by atoms with E-state index in [1.165, 1.54) is 7.11 Å². The van der Waals surface area contributed by atoms with Gasteiger partial charge in [0.25, 0.3) is 0 Å². The summed E-state index contributed by atoms with van der Waals surface area (Å²) in [6.45, 7) is 0.0657. The molecule has 1 rings (SSSR count).